The van der Waals surface area contributed by atoms with Crippen molar-refractivity contribution in [1.29, 1.82) is 0 Å². The molecule has 83 heavy (non-hydrogen) atoms. The Morgan fingerprint density at radius 2 is 0.867 bits per heavy atom. The van der Waals surface area contributed by atoms with Crippen LogP contribution in [-0.4, -0.2) is 33.4 Å². The van der Waals surface area contributed by atoms with E-state index in [1.54, 1.807) is 0 Å². The summed E-state index contributed by atoms with van der Waals surface area (Å²) in [4.78, 5) is 33.2. The number of anilines is 12. The molecule has 0 atom stereocenters. The number of hydrogen-bond acceptors (Lipinski definition) is 9. The average Bonchev–Trinajstić information content (AvgIpc) is 1.74. The molecule has 7 aromatic carbocycles. The summed E-state index contributed by atoms with van der Waals surface area (Å²) in [6.45, 7) is 29.8. The number of hydrogen-bond donors (Lipinski definition) is 0. The minimum Gasteiger partial charge on any atom is -0.296 e. The maximum absolute atomic E-state index is 5.93. The second-order valence-electron chi connectivity index (χ2n) is 28.2. The zero-order chi connectivity index (χ0) is 57.4. The average molecular weight is 1100 g/mol. The van der Waals surface area contributed by atoms with E-state index in [0.29, 0.717) is 0 Å². The molecule has 410 valence electrons. The topological polar surface area (TPSA) is 64.5 Å². The Labute approximate surface area is 494 Å². The summed E-state index contributed by atoms with van der Waals surface area (Å²) in [5.41, 5.74) is 18.1. The summed E-state index contributed by atoms with van der Waals surface area (Å²) in [6, 6.07) is 61.1. The number of benzene rings is 7. The molecule has 0 radical (unpaired) electrons. The molecule has 10 aromatic rings. The summed E-state index contributed by atoms with van der Waals surface area (Å²) in [5.74, 6) is 5.25. The third-order valence-corrected chi connectivity index (χ3v) is 19.8. The van der Waals surface area contributed by atoms with Gasteiger partial charge in [0.2, 0.25) is 0 Å². The van der Waals surface area contributed by atoms with E-state index in [1.165, 1.54) is 53.6 Å². The molecular formula is C72H70B2N8S. The first-order chi connectivity index (χ1) is 39.6. The van der Waals surface area contributed by atoms with Crippen molar-refractivity contribution in [3.05, 3.63) is 192 Å². The number of nitrogens with zero attached hydrogens (tertiary/aromatic N) is 8. The molecule has 4 aliphatic heterocycles. The largest absolute Gasteiger partial charge is 0.296 e. The highest BCUT2D eigenvalue weighted by Gasteiger charge is 2.52. The van der Waals surface area contributed by atoms with Crippen molar-refractivity contribution in [1.82, 2.24) is 19.9 Å². The van der Waals surface area contributed by atoms with Gasteiger partial charge in [-0.1, -0.05) is 193 Å². The van der Waals surface area contributed by atoms with Crippen molar-refractivity contribution in [2.45, 2.75) is 130 Å². The molecule has 11 heteroatoms. The highest BCUT2D eigenvalue weighted by Crippen LogP contribution is 2.53. The zero-order valence-corrected chi connectivity index (χ0v) is 51.0. The normalized spacial score (nSPS) is 16.2. The number of thiophene rings is 1. The monoisotopic (exact) mass is 1100 g/mol. The van der Waals surface area contributed by atoms with Gasteiger partial charge in [0.25, 0.3) is 13.4 Å². The lowest BCUT2D eigenvalue weighted by molar-refractivity contribution is 0.332. The fraction of sp³-hybridized carbons (Fsp3) is 0.278. The number of fused-ring (bicyclic) bond motifs is 11. The van der Waals surface area contributed by atoms with Gasteiger partial charge in [-0.3, -0.25) is 19.6 Å². The van der Waals surface area contributed by atoms with E-state index >= 15 is 0 Å². The van der Waals surface area contributed by atoms with Crippen LogP contribution in [0.15, 0.2) is 164 Å². The molecule has 0 N–H and O–H groups in total. The summed E-state index contributed by atoms with van der Waals surface area (Å²) in [7, 11) is 0. The molecule has 1 aliphatic carbocycles. The lowest BCUT2D eigenvalue weighted by Gasteiger charge is -2.46. The van der Waals surface area contributed by atoms with Crippen LogP contribution in [0.2, 0.25) is 0 Å². The van der Waals surface area contributed by atoms with E-state index in [-0.39, 0.29) is 35.1 Å². The summed E-state index contributed by atoms with van der Waals surface area (Å²) in [6.07, 6.45) is 2.28. The van der Waals surface area contributed by atoms with Gasteiger partial charge < -0.3 is 0 Å². The second kappa shape index (κ2) is 17.8. The van der Waals surface area contributed by atoms with Gasteiger partial charge in [0.05, 0.1) is 5.00 Å². The van der Waals surface area contributed by atoms with E-state index in [9.17, 15) is 0 Å². The fourth-order valence-corrected chi connectivity index (χ4v) is 15.7. The van der Waals surface area contributed by atoms with Crippen LogP contribution in [-0.2, 0) is 27.1 Å². The van der Waals surface area contributed by atoms with Crippen LogP contribution in [0.25, 0.3) is 10.1 Å². The van der Waals surface area contributed by atoms with Gasteiger partial charge >= 0.3 is 0 Å². The molecule has 0 amide bonds. The molecule has 0 saturated heterocycles. The molecule has 5 aliphatic rings. The summed E-state index contributed by atoms with van der Waals surface area (Å²) >= 11 is 1.94. The summed E-state index contributed by atoms with van der Waals surface area (Å²) in [5, 5.41) is 2.50. The highest BCUT2D eigenvalue weighted by molar-refractivity contribution is 7.27. The summed E-state index contributed by atoms with van der Waals surface area (Å²) < 4.78 is 1.32. The Bertz CT molecular complexity index is 4320. The predicted molar refractivity (Wildman–Crippen MR) is 352 cm³/mol. The molecule has 8 nitrogen and oxygen atoms in total. The third kappa shape index (κ3) is 7.71. The zero-order valence-electron chi connectivity index (χ0n) is 50.1. The Balaban J connectivity index is 1.10. The van der Waals surface area contributed by atoms with Crippen molar-refractivity contribution in [3.8, 4) is 0 Å². The standard InChI is InChI=1S/C72H70B2N8S/c1-68(2,3)49-33-25-32-47-57-65(83-60(47)49)82(46-36-37-48-50(40-46)72(12,13)39-38-71(48,10)11)64-59-63(77-67(78-64)70(7,8)9)81(45-30-21-16-22-31-45)56-42-55-52(41-53(56)74(57)59)73-51-34-23-24-35-54(51)79(43-26-17-14-18-27-43)61-58(73)62(76-66(75-61)69(4,5)6)80(55)44-28-19-15-20-29-44/h14-37,40-42H,38-39H2,1-13H3. The molecule has 15 rings (SSSR count). The Morgan fingerprint density at radius 1 is 0.398 bits per heavy atom. The van der Waals surface area contributed by atoms with Crippen molar-refractivity contribution >= 4 is 136 Å². The van der Waals surface area contributed by atoms with Crippen LogP contribution < -0.4 is 52.4 Å². The van der Waals surface area contributed by atoms with Crippen LogP contribution in [0.3, 0.4) is 0 Å². The van der Waals surface area contributed by atoms with Gasteiger partial charge in [0.1, 0.15) is 34.9 Å². The van der Waals surface area contributed by atoms with Crippen LogP contribution in [0.4, 0.5) is 68.1 Å². The van der Waals surface area contributed by atoms with E-state index in [4.69, 9.17) is 19.9 Å². The molecular weight excluding hydrogens is 1030 g/mol. The van der Waals surface area contributed by atoms with Crippen LogP contribution in [0.5, 0.6) is 0 Å². The smallest absolute Gasteiger partial charge is 0.258 e. The number of rotatable bonds is 4. The van der Waals surface area contributed by atoms with E-state index in [0.717, 1.165) is 98.5 Å². The number of aromatic nitrogens is 4. The maximum Gasteiger partial charge on any atom is 0.258 e. The van der Waals surface area contributed by atoms with Crippen molar-refractivity contribution in [3.63, 3.8) is 0 Å². The van der Waals surface area contributed by atoms with Gasteiger partial charge in [0, 0.05) is 66.3 Å². The minimum absolute atomic E-state index is 0.00722. The minimum atomic E-state index is -0.398. The molecule has 0 fully saturated rings. The number of para-hydroxylation sites is 4. The van der Waals surface area contributed by atoms with Gasteiger partial charge in [-0.2, -0.15) is 0 Å². The van der Waals surface area contributed by atoms with E-state index in [1.807, 2.05) is 11.3 Å². The van der Waals surface area contributed by atoms with Crippen molar-refractivity contribution in [2.75, 3.05) is 19.6 Å². The Hall–Kier alpha value is -8.01. The van der Waals surface area contributed by atoms with Crippen molar-refractivity contribution in [2.24, 2.45) is 0 Å². The first-order valence-electron chi connectivity index (χ1n) is 29.8. The second-order valence-corrected chi connectivity index (χ2v) is 29.2. The van der Waals surface area contributed by atoms with Gasteiger partial charge in [-0.05, 0) is 134 Å². The first kappa shape index (κ1) is 51.8. The molecule has 3 aromatic heterocycles. The SMILES string of the molecule is CC(C)(C)c1nc2c3c(n1)N(c1ccccc1)c1cc4c(cc1B3c1ccccc1N2c1ccccc1)B1c2c(nc(C(C)(C)C)nc2N(c2ccc3c(c2)C(C)(C)CCC3(C)C)c2sc3c(C(C)(C)C)cccc3c21)N4c1ccccc1. The van der Waals surface area contributed by atoms with E-state index < -0.39 is 5.41 Å². The van der Waals surface area contributed by atoms with Gasteiger partial charge in [-0.25, -0.2) is 19.9 Å². The van der Waals surface area contributed by atoms with Gasteiger partial charge in [-0.15, -0.1) is 11.3 Å². The lowest BCUT2D eigenvalue weighted by Crippen LogP contribution is -2.65. The Kier molecular flexibility index (Phi) is 11.1. The Morgan fingerprint density at radius 3 is 1.40 bits per heavy atom. The lowest BCUT2D eigenvalue weighted by atomic mass is 9.31. The first-order valence-corrected chi connectivity index (χ1v) is 30.6. The molecule has 0 unspecified atom stereocenters. The highest BCUT2D eigenvalue weighted by atomic mass is 32.1. The quantitative estimate of drug-likeness (QED) is 0.162. The molecule has 7 heterocycles. The predicted octanol–water partition coefficient (Wildman–Crippen LogP) is 14.9. The molecule has 0 bridgehead atoms. The maximum atomic E-state index is 5.93. The van der Waals surface area contributed by atoms with Crippen LogP contribution in [0, 0.1) is 0 Å². The molecule has 0 spiro atoms. The van der Waals surface area contributed by atoms with Crippen molar-refractivity contribution < 1.29 is 0 Å². The molecule has 0 saturated carbocycles. The van der Waals surface area contributed by atoms with Crippen LogP contribution in [0.1, 0.15) is 131 Å². The van der Waals surface area contributed by atoms with E-state index in [2.05, 4.69) is 273 Å². The van der Waals surface area contributed by atoms with Crippen LogP contribution >= 0.6 is 11.3 Å². The third-order valence-electron chi connectivity index (χ3n) is 18.5. The van der Waals surface area contributed by atoms with Gasteiger partial charge in [0.15, 0.2) is 0 Å². The fourth-order valence-electron chi connectivity index (χ4n) is 14.2.